The minimum atomic E-state index is -0.253. The number of hydrogen-bond donors (Lipinski definition) is 1. The first-order valence-corrected chi connectivity index (χ1v) is 8.15. The Labute approximate surface area is 132 Å². The van der Waals surface area contributed by atoms with Crippen LogP contribution in [0.1, 0.15) is 57.1 Å². The monoisotopic (exact) mass is 302 g/mol. The van der Waals surface area contributed by atoms with Crippen molar-refractivity contribution < 1.29 is 9.59 Å². The van der Waals surface area contributed by atoms with Crippen LogP contribution in [0.2, 0.25) is 0 Å². The van der Waals surface area contributed by atoms with E-state index in [9.17, 15) is 9.59 Å². The molecule has 0 aliphatic heterocycles. The summed E-state index contributed by atoms with van der Waals surface area (Å²) in [5.41, 5.74) is 0.975. The van der Waals surface area contributed by atoms with Crippen molar-refractivity contribution in [1.82, 2.24) is 10.2 Å². The highest BCUT2D eigenvalue weighted by Gasteiger charge is 2.25. The van der Waals surface area contributed by atoms with Crippen molar-refractivity contribution in [2.75, 3.05) is 7.05 Å². The molecule has 0 unspecified atom stereocenters. The maximum absolute atomic E-state index is 12.6. The van der Waals surface area contributed by atoms with Crippen LogP contribution >= 0.6 is 0 Å². The fourth-order valence-corrected chi connectivity index (χ4v) is 3.17. The summed E-state index contributed by atoms with van der Waals surface area (Å²) in [4.78, 5) is 25.9. The van der Waals surface area contributed by atoms with Crippen LogP contribution in [0.25, 0.3) is 0 Å². The van der Waals surface area contributed by atoms with Crippen molar-refractivity contribution in [2.45, 2.75) is 57.5 Å². The molecule has 1 fully saturated rings. The SMILES string of the molecule is CC(=O)N[C@H](CC(=O)N(C)C1CCCCC1)c1ccccc1. The molecule has 2 amide bonds. The summed E-state index contributed by atoms with van der Waals surface area (Å²) in [7, 11) is 1.90. The smallest absolute Gasteiger partial charge is 0.224 e. The van der Waals surface area contributed by atoms with Crippen molar-refractivity contribution in [3.05, 3.63) is 35.9 Å². The second kappa shape index (κ2) is 7.97. The fraction of sp³-hybridized carbons (Fsp3) is 0.556. The lowest BCUT2D eigenvalue weighted by Crippen LogP contribution is -2.40. The highest BCUT2D eigenvalue weighted by Crippen LogP contribution is 2.24. The Balaban J connectivity index is 2.02. The third-order valence-electron chi connectivity index (χ3n) is 4.47. The predicted octanol–water partition coefficient (Wildman–Crippen LogP) is 3.05. The summed E-state index contributed by atoms with van der Waals surface area (Å²) in [5, 5.41) is 2.90. The Hall–Kier alpha value is -1.84. The van der Waals surface area contributed by atoms with Crippen LogP contribution in [-0.2, 0) is 9.59 Å². The van der Waals surface area contributed by atoms with Gasteiger partial charge in [-0.2, -0.15) is 0 Å². The van der Waals surface area contributed by atoms with Crippen LogP contribution in [0.5, 0.6) is 0 Å². The molecule has 1 aromatic rings. The molecule has 4 nitrogen and oxygen atoms in total. The molecule has 0 heterocycles. The van der Waals surface area contributed by atoms with Gasteiger partial charge in [0.2, 0.25) is 11.8 Å². The second-order valence-electron chi connectivity index (χ2n) is 6.16. The van der Waals surface area contributed by atoms with Crippen LogP contribution in [0, 0.1) is 0 Å². The van der Waals surface area contributed by atoms with Crippen LogP contribution in [-0.4, -0.2) is 29.8 Å². The van der Waals surface area contributed by atoms with Gasteiger partial charge in [-0.15, -0.1) is 0 Å². The highest BCUT2D eigenvalue weighted by molar-refractivity contribution is 5.79. The third-order valence-corrected chi connectivity index (χ3v) is 4.47. The Morgan fingerprint density at radius 3 is 2.41 bits per heavy atom. The van der Waals surface area contributed by atoms with Gasteiger partial charge in [-0.05, 0) is 18.4 Å². The molecule has 0 aromatic heterocycles. The molecule has 0 bridgehead atoms. The van der Waals surface area contributed by atoms with Crippen LogP contribution in [0.4, 0.5) is 0 Å². The lowest BCUT2D eigenvalue weighted by molar-refractivity contribution is -0.133. The summed E-state index contributed by atoms with van der Waals surface area (Å²) in [6.45, 7) is 1.49. The minimum Gasteiger partial charge on any atom is -0.349 e. The average molecular weight is 302 g/mol. The average Bonchev–Trinajstić information content (AvgIpc) is 2.54. The van der Waals surface area contributed by atoms with Crippen molar-refractivity contribution in [3.8, 4) is 0 Å². The lowest BCUT2D eigenvalue weighted by atomic mass is 9.94. The van der Waals surface area contributed by atoms with E-state index in [2.05, 4.69) is 5.32 Å². The molecule has 0 spiro atoms. The van der Waals surface area contributed by atoms with Gasteiger partial charge in [-0.25, -0.2) is 0 Å². The van der Waals surface area contributed by atoms with Gasteiger partial charge in [-0.1, -0.05) is 49.6 Å². The number of nitrogens with one attached hydrogen (secondary N) is 1. The van der Waals surface area contributed by atoms with E-state index in [0.717, 1.165) is 18.4 Å². The van der Waals surface area contributed by atoms with Gasteiger partial charge < -0.3 is 10.2 Å². The minimum absolute atomic E-state index is 0.106. The van der Waals surface area contributed by atoms with Crippen molar-refractivity contribution in [1.29, 1.82) is 0 Å². The molecule has 0 radical (unpaired) electrons. The summed E-state index contributed by atoms with van der Waals surface area (Å²) in [6.07, 6.45) is 6.19. The predicted molar refractivity (Wildman–Crippen MR) is 87.3 cm³/mol. The molecular formula is C18H26N2O2. The van der Waals surface area contributed by atoms with E-state index in [1.807, 2.05) is 42.3 Å². The molecule has 120 valence electrons. The number of carbonyl (C=O) groups is 2. The lowest BCUT2D eigenvalue weighted by Gasteiger charge is -2.32. The molecule has 4 heteroatoms. The zero-order valence-corrected chi connectivity index (χ0v) is 13.5. The first-order valence-electron chi connectivity index (χ1n) is 8.15. The van der Waals surface area contributed by atoms with Crippen LogP contribution < -0.4 is 5.32 Å². The van der Waals surface area contributed by atoms with E-state index in [0.29, 0.717) is 12.5 Å². The van der Waals surface area contributed by atoms with Gasteiger partial charge in [0.15, 0.2) is 0 Å². The first-order chi connectivity index (χ1) is 10.6. The standard InChI is InChI=1S/C18H26N2O2/c1-14(21)19-17(15-9-5-3-6-10-15)13-18(22)20(2)16-11-7-4-8-12-16/h3,5-6,9-10,16-17H,4,7-8,11-13H2,1-2H3,(H,19,21)/t17-/m1/s1. The molecule has 1 saturated carbocycles. The summed E-state index contributed by atoms with van der Waals surface area (Å²) in [5.74, 6) is -0.00326. The molecule has 1 atom stereocenters. The molecule has 1 N–H and O–H groups in total. The van der Waals surface area contributed by atoms with Gasteiger partial charge in [0.25, 0.3) is 0 Å². The number of nitrogens with zero attached hydrogens (tertiary/aromatic N) is 1. The van der Waals surface area contributed by atoms with Gasteiger partial charge in [-0.3, -0.25) is 9.59 Å². The molecule has 1 aliphatic rings. The van der Waals surface area contributed by atoms with E-state index in [1.54, 1.807) is 0 Å². The van der Waals surface area contributed by atoms with E-state index < -0.39 is 0 Å². The summed E-state index contributed by atoms with van der Waals surface area (Å²) in [6, 6.07) is 9.80. The van der Waals surface area contributed by atoms with Gasteiger partial charge >= 0.3 is 0 Å². The van der Waals surface area contributed by atoms with E-state index in [1.165, 1.54) is 26.2 Å². The largest absolute Gasteiger partial charge is 0.349 e. The Morgan fingerprint density at radius 1 is 1.18 bits per heavy atom. The van der Waals surface area contributed by atoms with Gasteiger partial charge in [0.1, 0.15) is 0 Å². The number of hydrogen-bond acceptors (Lipinski definition) is 2. The van der Waals surface area contributed by atoms with Gasteiger partial charge in [0, 0.05) is 20.0 Å². The van der Waals surface area contributed by atoms with E-state index >= 15 is 0 Å². The summed E-state index contributed by atoms with van der Waals surface area (Å²) < 4.78 is 0. The van der Waals surface area contributed by atoms with Gasteiger partial charge in [0.05, 0.1) is 12.5 Å². The second-order valence-corrected chi connectivity index (χ2v) is 6.16. The summed E-state index contributed by atoms with van der Waals surface area (Å²) >= 11 is 0. The molecule has 0 saturated heterocycles. The van der Waals surface area contributed by atoms with Crippen molar-refractivity contribution in [2.24, 2.45) is 0 Å². The molecule has 2 rings (SSSR count). The number of rotatable bonds is 5. The Bertz CT molecular complexity index is 495. The first kappa shape index (κ1) is 16.5. The zero-order valence-electron chi connectivity index (χ0n) is 13.5. The topological polar surface area (TPSA) is 49.4 Å². The maximum Gasteiger partial charge on any atom is 0.224 e. The van der Waals surface area contributed by atoms with E-state index in [4.69, 9.17) is 0 Å². The Morgan fingerprint density at radius 2 is 1.82 bits per heavy atom. The molecule has 1 aliphatic carbocycles. The molecular weight excluding hydrogens is 276 g/mol. The number of amides is 2. The number of benzene rings is 1. The highest BCUT2D eigenvalue weighted by atomic mass is 16.2. The third kappa shape index (κ3) is 4.58. The Kier molecular flexibility index (Phi) is 5.99. The maximum atomic E-state index is 12.6. The zero-order chi connectivity index (χ0) is 15.9. The normalized spacial score (nSPS) is 16.8. The van der Waals surface area contributed by atoms with E-state index in [-0.39, 0.29) is 17.9 Å². The molecule has 22 heavy (non-hydrogen) atoms. The van der Waals surface area contributed by atoms with Crippen molar-refractivity contribution >= 4 is 11.8 Å². The van der Waals surface area contributed by atoms with Crippen molar-refractivity contribution in [3.63, 3.8) is 0 Å². The number of carbonyl (C=O) groups excluding carboxylic acids is 2. The van der Waals surface area contributed by atoms with Crippen LogP contribution in [0.15, 0.2) is 30.3 Å². The fourth-order valence-electron chi connectivity index (χ4n) is 3.17. The quantitative estimate of drug-likeness (QED) is 0.909. The molecule has 1 aromatic carbocycles. The van der Waals surface area contributed by atoms with Crippen LogP contribution in [0.3, 0.4) is 0 Å².